The molecule has 1 aliphatic rings. The molecular formula is C17H16ClNOS2. The number of halogens is 1. The Morgan fingerprint density at radius 3 is 2.95 bits per heavy atom. The first-order valence-electron chi connectivity index (χ1n) is 7.05. The summed E-state index contributed by atoms with van der Waals surface area (Å²) in [6, 6.07) is 13.9. The lowest BCUT2D eigenvalue weighted by molar-refractivity contribution is 0.0935. The van der Waals surface area contributed by atoms with Gasteiger partial charge in [0.1, 0.15) is 0 Å². The van der Waals surface area contributed by atoms with Crippen LogP contribution in [0.1, 0.15) is 28.4 Å². The number of rotatable bonds is 3. The zero-order chi connectivity index (χ0) is 15.5. The summed E-state index contributed by atoms with van der Waals surface area (Å²) in [6.45, 7) is 0. The Morgan fingerprint density at radius 1 is 1.32 bits per heavy atom. The number of hydrogen-bond acceptors (Lipinski definition) is 3. The smallest absolute Gasteiger partial charge is 0.253 e. The number of fused-ring (bicyclic) bond motifs is 1. The topological polar surface area (TPSA) is 29.1 Å². The third kappa shape index (κ3) is 3.29. The summed E-state index contributed by atoms with van der Waals surface area (Å²) in [5, 5.41) is 3.63. The Hall–Kier alpha value is -1.10. The monoisotopic (exact) mass is 349 g/mol. The van der Waals surface area contributed by atoms with Gasteiger partial charge in [-0.05, 0) is 42.5 Å². The van der Waals surface area contributed by atoms with E-state index in [0.717, 1.165) is 17.1 Å². The number of carbonyl (C=O) groups excluding carboxylic acids is 1. The van der Waals surface area contributed by atoms with E-state index in [-0.39, 0.29) is 11.9 Å². The molecule has 5 heteroatoms. The second-order valence-corrected chi connectivity index (χ2v) is 7.47. The first-order chi connectivity index (χ1) is 10.7. The van der Waals surface area contributed by atoms with Crippen molar-refractivity contribution in [2.75, 3.05) is 12.0 Å². The van der Waals surface area contributed by atoms with Crippen molar-refractivity contribution in [1.82, 2.24) is 5.32 Å². The minimum Gasteiger partial charge on any atom is -0.345 e. The lowest BCUT2D eigenvalue weighted by atomic mass is 10.0. The van der Waals surface area contributed by atoms with Gasteiger partial charge >= 0.3 is 0 Å². The van der Waals surface area contributed by atoms with Crippen LogP contribution >= 0.6 is 35.1 Å². The standard InChI is InChI=1S/C17H16ClNOS2/c1-21-11-6-7-14(18)13(10-11)17(20)19-15-8-9-22-16-5-3-2-4-12(15)16/h2-7,10,15H,8-9H2,1H3,(H,19,20). The highest BCUT2D eigenvalue weighted by Gasteiger charge is 2.23. The van der Waals surface area contributed by atoms with Crippen LogP contribution in [0.15, 0.2) is 52.3 Å². The van der Waals surface area contributed by atoms with Crippen LogP contribution in [0.2, 0.25) is 5.02 Å². The average molecular weight is 350 g/mol. The summed E-state index contributed by atoms with van der Waals surface area (Å²) in [5.74, 6) is 0.910. The Balaban J connectivity index is 1.84. The van der Waals surface area contributed by atoms with Crippen molar-refractivity contribution < 1.29 is 4.79 Å². The molecule has 1 unspecified atom stereocenters. The van der Waals surface area contributed by atoms with Crippen molar-refractivity contribution in [1.29, 1.82) is 0 Å². The number of thioether (sulfide) groups is 2. The summed E-state index contributed by atoms with van der Waals surface area (Å²) in [4.78, 5) is 14.9. The molecular weight excluding hydrogens is 334 g/mol. The molecule has 2 aromatic rings. The molecule has 0 saturated heterocycles. The van der Waals surface area contributed by atoms with Crippen LogP contribution in [-0.4, -0.2) is 17.9 Å². The highest BCUT2D eigenvalue weighted by molar-refractivity contribution is 7.99. The third-order valence-corrected chi connectivity index (χ3v) is 5.86. The van der Waals surface area contributed by atoms with E-state index in [9.17, 15) is 4.79 Å². The summed E-state index contributed by atoms with van der Waals surface area (Å²) in [5.41, 5.74) is 1.74. The fraction of sp³-hybridized carbons (Fsp3) is 0.235. The Labute approximate surface area is 144 Å². The molecule has 0 aliphatic carbocycles. The molecule has 1 aliphatic heterocycles. The van der Waals surface area contributed by atoms with Gasteiger partial charge in [0.05, 0.1) is 16.6 Å². The van der Waals surface area contributed by atoms with Gasteiger partial charge in [0, 0.05) is 15.5 Å². The molecule has 0 aromatic heterocycles. The molecule has 0 saturated carbocycles. The van der Waals surface area contributed by atoms with Gasteiger partial charge in [0.25, 0.3) is 5.91 Å². The fourth-order valence-corrected chi connectivity index (χ4v) is 4.30. The van der Waals surface area contributed by atoms with E-state index < -0.39 is 0 Å². The fourth-order valence-electron chi connectivity index (χ4n) is 2.53. The van der Waals surface area contributed by atoms with Gasteiger partial charge in [-0.2, -0.15) is 0 Å². The van der Waals surface area contributed by atoms with Crippen molar-refractivity contribution in [2.45, 2.75) is 22.3 Å². The molecule has 0 fully saturated rings. The molecule has 0 spiro atoms. The second-order valence-electron chi connectivity index (χ2n) is 5.05. The molecule has 1 amide bonds. The lowest BCUT2D eigenvalue weighted by Crippen LogP contribution is -2.30. The molecule has 22 heavy (non-hydrogen) atoms. The molecule has 1 heterocycles. The van der Waals surface area contributed by atoms with E-state index in [1.807, 2.05) is 42.3 Å². The van der Waals surface area contributed by atoms with E-state index in [0.29, 0.717) is 10.6 Å². The predicted octanol–water partition coefficient (Wildman–Crippen LogP) is 5.03. The molecule has 3 rings (SSSR count). The number of benzene rings is 2. The molecule has 2 aromatic carbocycles. The number of hydrogen-bond donors (Lipinski definition) is 1. The summed E-state index contributed by atoms with van der Waals surface area (Å²) >= 11 is 9.64. The van der Waals surface area contributed by atoms with Gasteiger partial charge in [-0.15, -0.1) is 23.5 Å². The SMILES string of the molecule is CSc1ccc(Cl)c(C(=O)NC2CCSc3ccccc32)c1. The first-order valence-corrected chi connectivity index (χ1v) is 9.64. The molecule has 0 radical (unpaired) electrons. The van der Waals surface area contributed by atoms with Crippen LogP contribution in [-0.2, 0) is 0 Å². The first kappa shape index (κ1) is 15.8. The van der Waals surface area contributed by atoms with Gasteiger partial charge in [-0.3, -0.25) is 4.79 Å². The minimum atomic E-state index is -0.104. The van der Waals surface area contributed by atoms with Crippen molar-refractivity contribution in [3.63, 3.8) is 0 Å². The zero-order valence-corrected chi connectivity index (χ0v) is 14.5. The minimum absolute atomic E-state index is 0.0546. The number of amides is 1. The Morgan fingerprint density at radius 2 is 2.14 bits per heavy atom. The van der Waals surface area contributed by atoms with Crippen molar-refractivity contribution in [3.05, 3.63) is 58.6 Å². The third-order valence-electron chi connectivity index (χ3n) is 3.68. The van der Waals surface area contributed by atoms with Gasteiger partial charge in [0.15, 0.2) is 0 Å². The molecule has 114 valence electrons. The van der Waals surface area contributed by atoms with E-state index in [4.69, 9.17) is 11.6 Å². The van der Waals surface area contributed by atoms with Gasteiger partial charge in [-0.25, -0.2) is 0 Å². The van der Waals surface area contributed by atoms with Crippen LogP contribution in [0.4, 0.5) is 0 Å². The van der Waals surface area contributed by atoms with Crippen molar-refractivity contribution >= 4 is 41.0 Å². The van der Waals surface area contributed by atoms with E-state index in [1.54, 1.807) is 17.8 Å². The van der Waals surface area contributed by atoms with Crippen LogP contribution in [0.25, 0.3) is 0 Å². The molecule has 0 bridgehead atoms. The number of nitrogens with one attached hydrogen (secondary N) is 1. The van der Waals surface area contributed by atoms with Crippen LogP contribution < -0.4 is 5.32 Å². The van der Waals surface area contributed by atoms with E-state index >= 15 is 0 Å². The lowest BCUT2D eigenvalue weighted by Gasteiger charge is -2.26. The maximum atomic E-state index is 12.6. The molecule has 1 atom stereocenters. The average Bonchev–Trinajstić information content (AvgIpc) is 2.55. The highest BCUT2D eigenvalue weighted by atomic mass is 35.5. The van der Waals surface area contributed by atoms with Crippen LogP contribution in [0, 0.1) is 0 Å². The number of carbonyl (C=O) groups is 1. The quantitative estimate of drug-likeness (QED) is 0.788. The van der Waals surface area contributed by atoms with Gasteiger partial charge < -0.3 is 5.32 Å². The highest BCUT2D eigenvalue weighted by Crippen LogP contribution is 2.36. The second kappa shape index (κ2) is 6.99. The molecule has 2 nitrogen and oxygen atoms in total. The maximum Gasteiger partial charge on any atom is 0.253 e. The molecule has 1 N–H and O–H groups in total. The summed E-state index contributed by atoms with van der Waals surface area (Å²) in [7, 11) is 0. The normalized spacial score (nSPS) is 16.9. The Kier molecular flexibility index (Phi) is 5.01. The predicted molar refractivity (Wildman–Crippen MR) is 95.2 cm³/mol. The zero-order valence-electron chi connectivity index (χ0n) is 12.1. The van der Waals surface area contributed by atoms with Crippen LogP contribution in [0.5, 0.6) is 0 Å². The maximum absolute atomic E-state index is 12.6. The van der Waals surface area contributed by atoms with Crippen molar-refractivity contribution in [3.8, 4) is 0 Å². The van der Waals surface area contributed by atoms with E-state index in [2.05, 4.69) is 17.4 Å². The summed E-state index contributed by atoms with van der Waals surface area (Å²) < 4.78 is 0. The van der Waals surface area contributed by atoms with Gasteiger partial charge in [0.2, 0.25) is 0 Å². The van der Waals surface area contributed by atoms with Gasteiger partial charge in [-0.1, -0.05) is 29.8 Å². The Bertz CT molecular complexity index is 705. The van der Waals surface area contributed by atoms with Crippen molar-refractivity contribution in [2.24, 2.45) is 0 Å². The summed E-state index contributed by atoms with van der Waals surface area (Å²) in [6.07, 6.45) is 2.92. The van der Waals surface area contributed by atoms with E-state index in [1.165, 1.54) is 10.5 Å². The van der Waals surface area contributed by atoms with Crippen LogP contribution in [0.3, 0.4) is 0 Å². The largest absolute Gasteiger partial charge is 0.345 e.